The van der Waals surface area contributed by atoms with Crippen LogP contribution in [0, 0.1) is 17.8 Å². The molecule has 1 aliphatic carbocycles. The number of aliphatic imine (C=N–C) groups is 1. The van der Waals surface area contributed by atoms with E-state index in [4.69, 9.17) is 4.74 Å². The minimum Gasteiger partial charge on any atom is -0.494 e. The van der Waals surface area contributed by atoms with Crippen LogP contribution < -0.4 is 4.74 Å². The number of nitrogens with zero attached hydrogens (tertiary/aromatic N) is 4. The third-order valence-corrected chi connectivity index (χ3v) is 5.88. The first-order chi connectivity index (χ1) is 17.3. The second kappa shape index (κ2) is 10.9. The summed E-state index contributed by atoms with van der Waals surface area (Å²) in [4.78, 5) is 27.7. The molecule has 0 spiro atoms. The summed E-state index contributed by atoms with van der Waals surface area (Å²) in [6, 6.07) is 8.21. The topological polar surface area (TPSA) is 77.3 Å². The van der Waals surface area contributed by atoms with E-state index in [1.807, 2.05) is 0 Å². The van der Waals surface area contributed by atoms with E-state index < -0.39 is 24.0 Å². The standard InChI is InChI=1S/C25H18F4N4O2S/c1-35-21-13-30-20(22(26)27)8-19(21)18-5-3-2-4-16(18)11-31-23-24(36-14-34)33-17(12-32-23)7-6-15-9-25(28,29)10-15/h2-5,8,11-15,22H,9-10H2,1H3. The molecule has 0 radical (unpaired) electrons. The van der Waals surface area contributed by atoms with Crippen molar-refractivity contribution in [3.63, 3.8) is 0 Å². The van der Waals surface area contributed by atoms with E-state index in [9.17, 15) is 22.4 Å². The number of methoxy groups -OCH3 is 1. The quantitative estimate of drug-likeness (QED) is 0.128. The molecule has 1 saturated carbocycles. The lowest BCUT2D eigenvalue weighted by molar-refractivity contribution is -0.0936. The number of hydrogen-bond donors (Lipinski definition) is 0. The molecular weight excluding hydrogens is 496 g/mol. The molecule has 0 N–H and O–H groups in total. The number of carbonyl (C=O) groups is 1. The van der Waals surface area contributed by atoms with E-state index in [2.05, 4.69) is 31.8 Å². The zero-order valence-corrected chi connectivity index (χ0v) is 19.6. The van der Waals surface area contributed by atoms with Crippen molar-refractivity contribution < 1.29 is 27.1 Å². The summed E-state index contributed by atoms with van der Waals surface area (Å²) in [6.45, 7) is 0. The molecule has 11 heteroatoms. The highest BCUT2D eigenvalue weighted by molar-refractivity contribution is 8.11. The molecule has 0 amide bonds. The first-order valence-corrected chi connectivity index (χ1v) is 11.5. The molecule has 0 saturated heterocycles. The number of ether oxygens (including phenoxy) is 1. The fourth-order valence-electron chi connectivity index (χ4n) is 3.52. The van der Waals surface area contributed by atoms with Crippen molar-refractivity contribution in [2.45, 2.75) is 30.2 Å². The molecule has 184 valence electrons. The Hall–Kier alpha value is -3.78. The van der Waals surface area contributed by atoms with Gasteiger partial charge in [-0.1, -0.05) is 30.2 Å². The summed E-state index contributed by atoms with van der Waals surface area (Å²) in [6.07, 6.45) is 0.727. The van der Waals surface area contributed by atoms with E-state index in [1.54, 1.807) is 24.3 Å². The summed E-state index contributed by atoms with van der Waals surface area (Å²) in [7, 11) is 1.42. The maximum atomic E-state index is 13.3. The molecule has 2 heterocycles. The van der Waals surface area contributed by atoms with Crippen LogP contribution in [0.2, 0.25) is 0 Å². The molecule has 6 nitrogen and oxygen atoms in total. The Labute approximate surface area is 208 Å². The smallest absolute Gasteiger partial charge is 0.280 e. The average Bonchev–Trinajstić information content (AvgIpc) is 2.85. The molecular formula is C25H18F4N4O2S. The minimum atomic E-state index is -2.75. The minimum absolute atomic E-state index is 0.137. The SMILES string of the molecule is COc1cnc(C(F)F)cc1-c1ccccc1C=Nc1ncc(C#CC2CC(F)(F)C2)nc1SC=O. The molecule has 1 fully saturated rings. The molecule has 1 aliphatic rings. The lowest BCUT2D eigenvalue weighted by Gasteiger charge is -2.31. The molecule has 36 heavy (non-hydrogen) atoms. The number of aromatic nitrogens is 3. The highest BCUT2D eigenvalue weighted by Gasteiger charge is 2.44. The van der Waals surface area contributed by atoms with Crippen LogP contribution in [0.5, 0.6) is 5.75 Å². The first kappa shape index (κ1) is 25.3. The van der Waals surface area contributed by atoms with Crippen molar-refractivity contribution in [3.8, 4) is 28.7 Å². The van der Waals surface area contributed by atoms with Crippen LogP contribution in [0.15, 0.2) is 52.7 Å². The molecule has 0 unspecified atom stereocenters. The van der Waals surface area contributed by atoms with Gasteiger partial charge in [0, 0.05) is 36.1 Å². The number of rotatable bonds is 7. The van der Waals surface area contributed by atoms with Gasteiger partial charge in [-0.3, -0.25) is 9.78 Å². The first-order valence-electron chi connectivity index (χ1n) is 10.6. The number of benzene rings is 1. The predicted octanol–water partition coefficient (Wildman–Crippen LogP) is 5.91. The molecule has 1 aromatic carbocycles. The van der Waals surface area contributed by atoms with Gasteiger partial charge in [0.15, 0.2) is 11.4 Å². The van der Waals surface area contributed by atoms with Crippen LogP contribution in [0.1, 0.15) is 36.2 Å². The normalized spacial score (nSPS) is 14.8. The number of halogens is 4. The largest absolute Gasteiger partial charge is 0.494 e. The van der Waals surface area contributed by atoms with Crippen molar-refractivity contribution in [1.82, 2.24) is 15.0 Å². The second-order valence-corrected chi connectivity index (χ2v) is 8.60. The number of carbonyl (C=O) groups excluding carboxylic acids is 1. The van der Waals surface area contributed by atoms with Gasteiger partial charge in [-0.05, 0) is 29.3 Å². The van der Waals surface area contributed by atoms with Gasteiger partial charge in [0.2, 0.25) is 0 Å². The summed E-state index contributed by atoms with van der Waals surface area (Å²) in [5.41, 5.74) is 1.95. The number of alkyl halides is 4. The van der Waals surface area contributed by atoms with Crippen LogP contribution in [-0.2, 0) is 4.79 Å². The highest BCUT2D eigenvalue weighted by Crippen LogP contribution is 2.42. The lowest BCUT2D eigenvalue weighted by Crippen LogP contribution is -2.34. The molecule has 0 bridgehead atoms. The van der Waals surface area contributed by atoms with Crippen molar-refractivity contribution in [2.75, 3.05) is 7.11 Å². The van der Waals surface area contributed by atoms with Crippen LogP contribution in [0.3, 0.4) is 0 Å². The Kier molecular flexibility index (Phi) is 7.64. The zero-order valence-electron chi connectivity index (χ0n) is 18.8. The van der Waals surface area contributed by atoms with Gasteiger partial charge in [-0.15, -0.1) is 0 Å². The van der Waals surface area contributed by atoms with Crippen molar-refractivity contribution in [1.29, 1.82) is 0 Å². The van der Waals surface area contributed by atoms with Gasteiger partial charge in [0.25, 0.3) is 12.3 Å². The Bertz CT molecular complexity index is 1360. The summed E-state index contributed by atoms with van der Waals surface area (Å²) < 4.78 is 57.8. The molecule has 2 aromatic heterocycles. The van der Waals surface area contributed by atoms with Crippen molar-refractivity contribution in [3.05, 3.63) is 59.7 Å². The van der Waals surface area contributed by atoms with Crippen molar-refractivity contribution >= 4 is 29.4 Å². The van der Waals surface area contributed by atoms with Gasteiger partial charge in [0.05, 0.1) is 19.5 Å². The zero-order chi connectivity index (χ0) is 25.7. The maximum Gasteiger partial charge on any atom is 0.280 e. The average molecular weight is 515 g/mol. The summed E-state index contributed by atoms with van der Waals surface area (Å²) in [5, 5.41) is 0.186. The van der Waals surface area contributed by atoms with Gasteiger partial charge < -0.3 is 4.74 Å². The molecule has 4 rings (SSSR count). The Balaban J connectivity index is 1.65. The Morgan fingerprint density at radius 1 is 1.19 bits per heavy atom. The molecule has 0 atom stereocenters. The van der Waals surface area contributed by atoms with E-state index in [-0.39, 0.29) is 29.4 Å². The van der Waals surface area contributed by atoms with Crippen LogP contribution in [0.25, 0.3) is 11.1 Å². The van der Waals surface area contributed by atoms with Gasteiger partial charge in [-0.25, -0.2) is 32.5 Å². The lowest BCUT2D eigenvalue weighted by atomic mass is 9.82. The van der Waals surface area contributed by atoms with Gasteiger partial charge in [-0.2, -0.15) is 0 Å². The monoisotopic (exact) mass is 514 g/mol. The fraction of sp³-hybridized carbons (Fsp3) is 0.240. The van der Waals surface area contributed by atoms with E-state index in [0.29, 0.717) is 28.1 Å². The van der Waals surface area contributed by atoms with Crippen LogP contribution >= 0.6 is 11.8 Å². The van der Waals surface area contributed by atoms with E-state index in [1.165, 1.54) is 31.8 Å². The van der Waals surface area contributed by atoms with Crippen molar-refractivity contribution in [2.24, 2.45) is 10.9 Å². The van der Waals surface area contributed by atoms with E-state index >= 15 is 0 Å². The Morgan fingerprint density at radius 2 is 1.97 bits per heavy atom. The number of thioether (sulfide) groups is 1. The molecule has 0 aliphatic heterocycles. The van der Waals surface area contributed by atoms with Gasteiger partial charge >= 0.3 is 0 Å². The summed E-state index contributed by atoms with van der Waals surface area (Å²) in [5.74, 6) is 2.84. The fourth-order valence-corrected chi connectivity index (χ4v) is 3.97. The number of pyridine rings is 1. The van der Waals surface area contributed by atoms with Gasteiger partial charge in [0.1, 0.15) is 22.2 Å². The van der Waals surface area contributed by atoms with Crippen LogP contribution in [0.4, 0.5) is 23.4 Å². The maximum absolute atomic E-state index is 13.3. The predicted molar refractivity (Wildman–Crippen MR) is 128 cm³/mol. The molecule has 3 aromatic rings. The Morgan fingerprint density at radius 3 is 2.67 bits per heavy atom. The summed E-state index contributed by atoms with van der Waals surface area (Å²) >= 11 is 0.749. The third-order valence-electron chi connectivity index (χ3n) is 5.29. The highest BCUT2D eigenvalue weighted by atomic mass is 32.2. The second-order valence-electron chi connectivity index (χ2n) is 7.78. The third kappa shape index (κ3) is 5.88. The van der Waals surface area contributed by atoms with E-state index in [0.717, 1.165) is 11.8 Å². The number of hydrogen-bond acceptors (Lipinski definition) is 7. The van der Waals surface area contributed by atoms with Crippen LogP contribution in [-0.4, -0.2) is 39.8 Å².